The first-order valence-corrected chi connectivity index (χ1v) is 14.4. The summed E-state index contributed by atoms with van der Waals surface area (Å²) in [5, 5.41) is 1.74. The molecule has 0 aliphatic carbocycles. The van der Waals surface area contributed by atoms with Crippen LogP contribution >= 0.6 is 0 Å². The van der Waals surface area contributed by atoms with Crippen molar-refractivity contribution in [3.8, 4) is 51.5 Å². The van der Waals surface area contributed by atoms with Crippen molar-refractivity contribution in [2.45, 2.75) is 0 Å². The molecule has 0 fully saturated rings. The molecule has 0 aliphatic heterocycles. The topological polar surface area (TPSA) is 75.0 Å². The first-order chi connectivity index (χ1) is 23.1. The second-order valence-electron chi connectivity index (χ2n) is 10.3. The van der Waals surface area contributed by atoms with E-state index in [4.69, 9.17) is 9.47 Å². The van der Waals surface area contributed by atoms with Crippen LogP contribution in [-0.2, 0) is 42.1 Å². The van der Waals surface area contributed by atoms with Gasteiger partial charge in [0, 0.05) is 35.4 Å². The Morgan fingerprint density at radius 1 is 0.490 bits per heavy atom. The van der Waals surface area contributed by atoms with Crippen molar-refractivity contribution in [2.24, 2.45) is 0 Å². The van der Waals surface area contributed by atoms with E-state index in [0.717, 1.165) is 10.8 Å². The summed E-state index contributed by atoms with van der Waals surface area (Å²) in [5.74, 6) is 0.934. The number of hydrogen-bond acceptors (Lipinski definition) is 6. The van der Waals surface area contributed by atoms with Gasteiger partial charge in [0.15, 0.2) is 0 Å². The molecule has 0 atom stereocenters. The van der Waals surface area contributed by atoms with Gasteiger partial charge in [-0.1, -0.05) is 47.4 Å². The third-order valence-corrected chi connectivity index (χ3v) is 7.24. The fraction of sp³-hybridized carbons (Fsp3) is 0. The molecule has 49 heavy (non-hydrogen) atoms. The minimum atomic E-state index is -0.574. The molecule has 0 aliphatic rings. The van der Waals surface area contributed by atoms with Crippen LogP contribution in [0, 0.1) is 36.2 Å². The Labute approximate surface area is 308 Å². The largest absolute Gasteiger partial charge is 2.00 e. The van der Waals surface area contributed by atoms with Crippen LogP contribution in [0.5, 0.6) is 23.0 Å². The van der Waals surface area contributed by atoms with Gasteiger partial charge in [-0.05, 0) is 29.6 Å². The van der Waals surface area contributed by atoms with Gasteiger partial charge in [0.2, 0.25) is 17.8 Å². The molecule has 4 heterocycles. The van der Waals surface area contributed by atoms with Crippen molar-refractivity contribution in [2.75, 3.05) is 0 Å². The summed E-state index contributed by atoms with van der Waals surface area (Å²) in [4.78, 5) is 16.9. The Kier molecular flexibility index (Phi) is 10.0. The fourth-order valence-electron chi connectivity index (χ4n) is 5.22. The van der Waals surface area contributed by atoms with E-state index in [0.29, 0.717) is 62.5 Å². The summed E-state index contributed by atoms with van der Waals surface area (Å²) in [7, 11) is 0. The van der Waals surface area contributed by atoms with Crippen molar-refractivity contribution in [3.05, 3.63) is 152 Å². The molecule has 0 spiro atoms. The Balaban J connectivity index is 0.00000208. The molecule has 0 unspecified atom stereocenters. The fourth-order valence-corrected chi connectivity index (χ4v) is 5.22. The summed E-state index contributed by atoms with van der Waals surface area (Å²) in [6.07, 6.45) is 3.31. The van der Waals surface area contributed by atoms with Crippen molar-refractivity contribution < 1.29 is 60.4 Å². The van der Waals surface area contributed by atoms with E-state index in [9.17, 15) is 8.78 Å². The molecule has 4 aromatic carbocycles. The van der Waals surface area contributed by atoms with Crippen LogP contribution in [-0.4, -0.2) is 24.5 Å². The maximum Gasteiger partial charge on any atom is 2.00 e. The van der Waals surface area contributed by atoms with E-state index >= 15 is 0 Å². The maximum absolute atomic E-state index is 13.7. The first kappa shape index (κ1) is 33.8. The van der Waals surface area contributed by atoms with Crippen LogP contribution in [0.1, 0.15) is 0 Å². The molecule has 8 aromatic rings. The Bertz CT molecular complexity index is 2280. The van der Waals surface area contributed by atoms with Crippen LogP contribution < -0.4 is 9.47 Å². The van der Waals surface area contributed by atoms with E-state index in [1.807, 2.05) is 28.8 Å². The second-order valence-corrected chi connectivity index (χ2v) is 10.3. The zero-order valence-corrected chi connectivity index (χ0v) is 29.5. The van der Waals surface area contributed by atoms with E-state index in [1.165, 1.54) is 12.1 Å². The molecule has 0 bridgehead atoms. The number of pyridine rings is 2. The number of halogens is 2. The van der Waals surface area contributed by atoms with Gasteiger partial charge in [0.25, 0.3) is 0 Å². The van der Waals surface area contributed by atoms with Crippen molar-refractivity contribution in [1.29, 1.82) is 0 Å². The third kappa shape index (κ3) is 7.05. The average molecular weight is 1010 g/mol. The molecule has 0 saturated heterocycles. The summed E-state index contributed by atoms with van der Waals surface area (Å²) in [5.41, 5.74) is 3.38. The molecule has 4 aromatic heterocycles. The Morgan fingerprint density at radius 2 is 0.939 bits per heavy atom. The number of benzene rings is 4. The summed E-state index contributed by atoms with van der Waals surface area (Å²) >= 11 is 0. The summed E-state index contributed by atoms with van der Waals surface area (Å²) in [6.45, 7) is 0. The van der Waals surface area contributed by atoms with Crippen molar-refractivity contribution in [3.63, 3.8) is 0 Å². The van der Waals surface area contributed by atoms with E-state index in [-0.39, 0.29) is 42.1 Å². The van der Waals surface area contributed by atoms with Gasteiger partial charge < -0.3 is 14.0 Å². The average Bonchev–Trinajstić information content (AvgIpc) is 3.41. The zero-order valence-electron chi connectivity index (χ0n) is 24.9. The SMILES string of the molecule is Fc1cccc(-c2[c-]c(Oc3[c-]c4c(cc3)c3ccc(Oc5[c-]c(-c6cccc(F)n6)ccc5)[c-]c3n4-c3ncccn3)ccc2)n1.[Pt+2].[Pt+2]. The minimum absolute atomic E-state index is 0. The van der Waals surface area contributed by atoms with Gasteiger partial charge in [0.05, 0.1) is 0 Å². The quantitative estimate of drug-likeness (QED) is 0.118. The van der Waals surface area contributed by atoms with Crippen LogP contribution in [0.15, 0.2) is 116 Å². The predicted molar refractivity (Wildman–Crippen MR) is 171 cm³/mol. The molecule has 0 saturated carbocycles. The molecule has 7 nitrogen and oxygen atoms in total. The minimum Gasteiger partial charge on any atom is -0.503 e. The van der Waals surface area contributed by atoms with Crippen LogP contribution in [0.4, 0.5) is 8.78 Å². The third-order valence-electron chi connectivity index (χ3n) is 7.24. The number of ether oxygens (including phenoxy) is 2. The molecule has 242 valence electrons. The van der Waals surface area contributed by atoms with Gasteiger partial charge in [-0.3, -0.25) is 9.97 Å². The van der Waals surface area contributed by atoms with Gasteiger partial charge in [0.1, 0.15) is 0 Å². The Hall–Kier alpha value is -5.10. The molecular formula is C38H19F2N5O2Pt2. The molecular weight excluding hydrogens is 987 g/mol. The van der Waals surface area contributed by atoms with Gasteiger partial charge in [-0.2, -0.15) is 31.7 Å². The van der Waals surface area contributed by atoms with Crippen LogP contribution in [0.2, 0.25) is 0 Å². The number of hydrogen-bond donors (Lipinski definition) is 0. The van der Waals surface area contributed by atoms with Crippen molar-refractivity contribution >= 4 is 21.8 Å². The molecule has 8 rings (SSSR count). The first-order valence-electron chi connectivity index (χ1n) is 14.4. The number of fused-ring (bicyclic) bond motifs is 3. The molecule has 0 N–H and O–H groups in total. The van der Waals surface area contributed by atoms with Crippen LogP contribution in [0.3, 0.4) is 0 Å². The summed E-state index contributed by atoms with van der Waals surface area (Å²) < 4.78 is 41.7. The standard InChI is InChI=1S/C38H19F2N5O2.2Pt/c39-36-12-3-10-32(43-36)24-6-1-8-26(20-24)46-28-14-16-30-31-17-15-29(23-35(31)45(34(30)22-28)38-41-18-5-19-42-38)47-27-9-2-7-25(21-27)33-11-4-13-37(40)44-33;;/h1-19H;;/q-4;2*+2. The smallest absolute Gasteiger partial charge is 0.503 e. The van der Waals surface area contributed by atoms with Gasteiger partial charge >= 0.3 is 42.1 Å². The number of aromatic nitrogens is 5. The van der Waals surface area contributed by atoms with Gasteiger partial charge in [-0.15, -0.1) is 71.8 Å². The molecule has 0 amide bonds. The van der Waals surface area contributed by atoms with E-state index in [1.54, 1.807) is 79.1 Å². The summed E-state index contributed by atoms with van der Waals surface area (Å²) in [6, 6.07) is 42.1. The molecule has 0 radical (unpaired) electrons. The zero-order chi connectivity index (χ0) is 31.7. The molecule has 11 heteroatoms. The normalized spacial score (nSPS) is 10.7. The predicted octanol–water partition coefficient (Wildman–Crippen LogP) is 8.76. The number of rotatable bonds is 7. The Morgan fingerprint density at radius 3 is 1.41 bits per heavy atom. The van der Waals surface area contributed by atoms with Crippen LogP contribution in [0.25, 0.3) is 50.3 Å². The number of nitrogens with zero attached hydrogens (tertiary/aromatic N) is 5. The van der Waals surface area contributed by atoms with E-state index in [2.05, 4.69) is 44.2 Å². The monoisotopic (exact) mass is 1010 g/mol. The van der Waals surface area contributed by atoms with Crippen molar-refractivity contribution in [1.82, 2.24) is 24.5 Å². The second kappa shape index (κ2) is 14.6. The maximum atomic E-state index is 13.7. The van der Waals surface area contributed by atoms with Gasteiger partial charge in [-0.25, -0.2) is 9.97 Å². The van der Waals surface area contributed by atoms with E-state index < -0.39 is 11.9 Å².